The first-order valence-corrected chi connectivity index (χ1v) is 7.24. The minimum Gasteiger partial charge on any atom is -0.351 e. The van der Waals surface area contributed by atoms with Crippen LogP contribution in [-0.4, -0.2) is 21.7 Å². The van der Waals surface area contributed by atoms with Crippen LogP contribution in [0.25, 0.3) is 5.69 Å². The zero-order valence-corrected chi connectivity index (χ0v) is 12.5. The number of hydrogen-bond donors (Lipinski definition) is 2. The first kappa shape index (κ1) is 15.3. The Morgan fingerprint density at radius 3 is 2.76 bits per heavy atom. The third kappa shape index (κ3) is 3.92. The van der Waals surface area contributed by atoms with Crippen molar-refractivity contribution in [3.8, 4) is 5.69 Å². The molecule has 0 aliphatic heterocycles. The molecule has 2 aromatic rings. The van der Waals surface area contributed by atoms with Crippen molar-refractivity contribution in [3.05, 3.63) is 48.3 Å². The molecule has 1 aromatic heterocycles. The minimum atomic E-state index is -0.459. The summed E-state index contributed by atoms with van der Waals surface area (Å²) >= 11 is 0. The van der Waals surface area contributed by atoms with Crippen LogP contribution in [-0.2, 0) is 11.3 Å². The van der Waals surface area contributed by atoms with Crippen molar-refractivity contribution in [1.82, 2.24) is 15.1 Å². The van der Waals surface area contributed by atoms with Crippen LogP contribution >= 0.6 is 0 Å². The van der Waals surface area contributed by atoms with Gasteiger partial charge in [-0.05, 0) is 18.1 Å². The van der Waals surface area contributed by atoms with E-state index in [9.17, 15) is 4.79 Å². The molecule has 0 aliphatic rings. The molecule has 112 valence electrons. The number of para-hydroxylation sites is 1. The van der Waals surface area contributed by atoms with E-state index < -0.39 is 6.04 Å². The van der Waals surface area contributed by atoms with E-state index in [0.29, 0.717) is 6.54 Å². The highest BCUT2D eigenvalue weighted by molar-refractivity contribution is 5.81. The summed E-state index contributed by atoms with van der Waals surface area (Å²) in [6, 6.07) is 9.39. The van der Waals surface area contributed by atoms with Crippen molar-refractivity contribution in [3.63, 3.8) is 0 Å². The molecule has 5 nitrogen and oxygen atoms in total. The highest BCUT2D eigenvalue weighted by Gasteiger charge is 2.18. The largest absolute Gasteiger partial charge is 0.351 e. The summed E-state index contributed by atoms with van der Waals surface area (Å²) in [5, 5.41) is 7.16. The van der Waals surface area contributed by atoms with Crippen LogP contribution < -0.4 is 11.1 Å². The van der Waals surface area contributed by atoms with Gasteiger partial charge < -0.3 is 11.1 Å². The monoisotopic (exact) mass is 286 g/mol. The highest BCUT2D eigenvalue weighted by Crippen LogP contribution is 2.08. The van der Waals surface area contributed by atoms with Gasteiger partial charge >= 0.3 is 0 Å². The molecule has 5 heteroatoms. The summed E-state index contributed by atoms with van der Waals surface area (Å²) in [5.74, 6) is 0.0638. The summed E-state index contributed by atoms with van der Waals surface area (Å²) in [6.07, 6.45) is 4.55. The Hall–Kier alpha value is -2.14. The number of carbonyl (C=O) groups excluding carboxylic acids is 1. The molecule has 0 unspecified atom stereocenters. The lowest BCUT2D eigenvalue weighted by molar-refractivity contribution is -0.123. The Morgan fingerprint density at radius 2 is 2.10 bits per heavy atom. The average Bonchev–Trinajstić information content (AvgIpc) is 3.01. The summed E-state index contributed by atoms with van der Waals surface area (Å²) < 4.78 is 1.79. The number of nitrogens with one attached hydrogen (secondary N) is 1. The molecule has 2 atom stereocenters. The average molecular weight is 286 g/mol. The van der Waals surface area contributed by atoms with Crippen LogP contribution in [0.3, 0.4) is 0 Å². The Balaban J connectivity index is 1.93. The predicted octanol–water partition coefficient (Wildman–Crippen LogP) is 1.86. The van der Waals surface area contributed by atoms with Crippen LogP contribution in [0.2, 0.25) is 0 Å². The van der Waals surface area contributed by atoms with Gasteiger partial charge in [0.2, 0.25) is 5.91 Å². The number of hydrogen-bond acceptors (Lipinski definition) is 3. The molecule has 0 saturated heterocycles. The number of aromatic nitrogens is 2. The van der Waals surface area contributed by atoms with Crippen molar-refractivity contribution in [1.29, 1.82) is 0 Å². The third-order valence-electron chi connectivity index (χ3n) is 3.68. The second kappa shape index (κ2) is 7.04. The van der Waals surface area contributed by atoms with Crippen molar-refractivity contribution >= 4 is 5.91 Å². The summed E-state index contributed by atoms with van der Waals surface area (Å²) in [7, 11) is 0. The Bertz CT molecular complexity index is 579. The van der Waals surface area contributed by atoms with Crippen molar-refractivity contribution in [2.45, 2.75) is 32.9 Å². The van der Waals surface area contributed by atoms with E-state index in [2.05, 4.69) is 10.4 Å². The SMILES string of the molecule is CC[C@H](C)[C@H](N)C(=O)NCc1cnn(-c2ccccc2)c1. The quantitative estimate of drug-likeness (QED) is 0.851. The van der Waals surface area contributed by atoms with E-state index >= 15 is 0 Å². The smallest absolute Gasteiger partial charge is 0.237 e. The fourth-order valence-electron chi connectivity index (χ4n) is 1.99. The van der Waals surface area contributed by atoms with Gasteiger partial charge in [-0.3, -0.25) is 4.79 Å². The van der Waals surface area contributed by atoms with Gasteiger partial charge in [0.25, 0.3) is 0 Å². The van der Waals surface area contributed by atoms with Gasteiger partial charge in [-0.2, -0.15) is 5.10 Å². The zero-order valence-electron chi connectivity index (χ0n) is 12.5. The molecule has 3 N–H and O–H groups in total. The summed E-state index contributed by atoms with van der Waals surface area (Å²) in [5.41, 5.74) is 7.84. The molecule has 2 rings (SSSR count). The molecule has 0 spiro atoms. The van der Waals surface area contributed by atoms with E-state index in [1.807, 2.05) is 50.4 Å². The normalized spacial score (nSPS) is 13.7. The molecule has 0 radical (unpaired) electrons. The van der Waals surface area contributed by atoms with E-state index in [0.717, 1.165) is 17.7 Å². The van der Waals surface area contributed by atoms with Crippen LogP contribution in [0.5, 0.6) is 0 Å². The van der Waals surface area contributed by atoms with Gasteiger partial charge in [0.15, 0.2) is 0 Å². The lowest BCUT2D eigenvalue weighted by Gasteiger charge is -2.17. The Morgan fingerprint density at radius 1 is 1.38 bits per heavy atom. The molecular formula is C16H22N4O. The van der Waals surface area contributed by atoms with Gasteiger partial charge in [-0.15, -0.1) is 0 Å². The fourth-order valence-corrected chi connectivity index (χ4v) is 1.99. The van der Waals surface area contributed by atoms with Gasteiger partial charge in [-0.25, -0.2) is 4.68 Å². The second-order valence-electron chi connectivity index (χ2n) is 5.26. The number of rotatable bonds is 6. The molecule has 0 bridgehead atoms. The molecule has 21 heavy (non-hydrogen) atoms. The number of nitrogens with two attached hydrogens (primary N) is 1. The molecule has 0 aliphatic carbocycles. The number of carbonyl (C=O) groups is 1. The second-order valence-corrected chi connectivity index (χ2v) is 5.26. The topological polar surface area (TPSA) is 72.9 Å². The van der Waals surface area contributed by atoms with E-state index in [1.165, 1.54) is 0 Å². The van der Waals surface area contributed by atoms with Gasteiger partial charge in [0.1, 0.15) is 0 Å². The van der Waals surface area contributed by atoms with Crippen molar-refractivity contribution < 1.29 is 4.79 Å². The zero-order chi connectivity index (χ0) is 15.2. The number of nitrogens with zero attached hydrogens (tertiary/aromatic N) is 2. The summed E-state index contributed by atoms with van der Waals surface area (Å²) in [4.78, 5) is 11.9. The lowest BCUT2D eigenvalue weighted by Crippen LogP contribution is -2.44. The first-order valence-electron chi connectivity index (χ1n) is 7.24. The van der Waals surface area contributed by atoms with Crippen molar-refractivity contribution in [2.24, 2.45) is 11.7 Å². The maximum atomic E-state index is 11.9. The maximum absolute atomic E-state index is 11.9. The molecule has 1 heterocycles. The maximum Gasteiger partial charge on any atom is 0.237 e. The number of benzene rings is 1. The van der Waals surface area contributed by atoms with Crippen LogP contribution in [0.1, 0.15) is 25.8 Å². The van der Waals surface area contributed by atoms with Gasteiger partial charge in [0.05, 0.1) is 17.9 Å². The summed E-state index contributed by atoms with van der Waals surface area (Å²) in [6.45, 7) is 4.45. The highest BCUT2D eigenvalue weighted by atomic mass is 16.2. The molecule has 1 amide bonds. The third-order valence-corrected chi connectivity index (χ3v) is 3.68. The lowest BCUT2D eigenvalue weighted by atomic mass is 9.99. The Labute approximate surface area is 125 Å². The molecule has 0 fully saturated rings. The Kier molecular flexibility index (Phi) is 5.11. The van der Waals surface area contributed by atoms with Gasteiger partial charge in [0, 0.05) is 18.3 Å². The first-order chi connectivity index (χ1) is 10.1. The predicted molar refractivity (Wildman–Crippen MR) is 82.8 cm³/mol. The van der Waals surface area contributed by atoms with Crippen LogP contribution in [0.4, 0.5) is 0 Å². The van der Waals surface area contributed by atoms with E-state index in [1.54, 1.807) is 10.9 Å². The van der Waals surface area contributed by atoms with Crippen LogP contribution in [0, 0.1) is 5.92 Å². The van der Waals surface area contributed by atoms with Crippen molar-refractivity contribution in [2.75, 3.05) is 0 Å². The fraction of sp³-hybridized carbons (Fsp3) is 0.375. The van der Waals surface area contributed by atoms with Crippen LogP contribution in [0.15, 0.2) is 42.7 Å². The minimum absolute atomic E-state index is 0.114. The molecular weight excluding hydrogens is 264 g/mol. The molecule has 1 aromatic carbocycles. The standard InChI is InChI=1S/C16H22N4O/c1-3-12(2)15(17)16(21)18-9-13-10-19-20(11-13)14-7-5-4-6-8-14/h4-8,10-12,15H,3,9,17H2,1-2H3,(H,18,21)/t12-,15-/m0/s1. The van der Waals surface area contributed by atoms with E-state index in [4.69, 9.17) is 5.73 Å². The van der Waals surface area contributed by atoms with Gasteiger partial charge in [-0.1, -0.05) is 38.5 Å². The van der Waals surface area contributed by atoms with E-state index in [-0.39, 0.29) is 11.8 Å². The number of amides is 1. The molecule has 0 saturated carbocycles.